The molecule has 0 aromatic heterocycles. The lowest BCUT2D eigenvalue weighted by Gasteiger charge is -2.18. The molecule has 0 unspecified atom stereocenters. The van der Waals surface area contributed by atoms with Gasteiger partial charge < -0.3 is 10.2 Å². The van der Waals surface area contributed by atoms with E-state index in [0.717, 1.165) is 49.3 Å². The Morgan fingerprint density at radius 1 is 1.15 bits per heavy atom. The predicted octanol–water partition coefficient (Wildman–Crippen LogP) is 3.07. The summed E-state index contributed by atoms with van der Waals surface area (Å²) < 4.78 is 0. The van der Waals surface area contributed by atoms with Crippen molar-refractivity contribution in [3.8, 4) is 0 Å². The molecule has 0 aliphatic heterocycles. The van der Waals surface area contributed by atoms with Gasteiger partial charge in [-0.1, -0.05) is 25.5 Å². The standard InChI is InChI=1S/C17H28N2O/c1-6-19(7-2)10-8-9-18-17(20)16-12-13(3)11-14(4)15(16)5/h11-12H,6-10H2,1-5H3,(H,18,20). The summed E-state index contributed by atoms with van der Waals surface area (Å²) in [5, 5.41) is 3.03. The lowest BCUT2D eigenvalue weighted by Crippen LogP contribution is -2.30. The Kier molecular flexibility index (Phi) is 6.73. The molecule has 1 aromatic rings. The molecule has 3 heteroatoms. The molecule has 0 saturated heterocycles. The van der Waals surface area contributed by atoms with Crippen LogP contribution < -0.4 is 5.32 Å². The van der Waals surface area contributed by atoms with Crippen LogP contribution in [0.3, 0.4) is 0 Å². The highest BCUT2D eigenvalue weighted by atomic mass is 16.1. The number of hydrogen-bond donors (Lipinski definition) is 1. The minimum atomic E-state index is 0.0499. The molecule has 0 aliphatic rings. The number of carbonyl (C=O) groups is 1. The average molecular weight is 276 g/mol. The van der Waals surface area contributed by atoms with E-state index in [1.54, 1.807) is 0 Å². The predicted molar refractivity (Wildman–Crippen MR) is 85.4 cm³/mol. The monoisotopic (exact) mass is 276 g/mol. The molecule has 0 atom stereocenters. The first-order valence-electron chi connectivity index (χ1n) is 7.58. The molecule has 1 N–H and O–H groups in total. The molecule has 0 spiro atoms. The number of carbonyl (C=O) groups excluding carboxylic acids is 1. The van der Waals surface area contributed by atoms with E-state index in [9.17, 15) is 4.79 Å². The van der Waals surface area contributed by atoms with Gasteiger partial charge in [-0.25, -0.2) is 0 Å². The zero-order valence-corrected chi connectivity index (χ0v) is 13.5. The van der Waals surface area contributed by atoms with Gasteiger partial charge in [0.15, 0.2) is 0 Å². The average Bonchev–Trinajstić information content (AvgIpc) is 2.42. The van der Waals surface area contributed by atoms with Crippen molar-refractivity contribution in [2.24, 2.45) is 0 Å². The minimum absolute atomic E-state index is 0.0499. The third-order valence-electron chi connectivity index (χ3n) is 3.89. The molecule has 0 fully saturated rings. The zero-order valence-electron chi connectivity index (χ0n) is 13.5. The molecule has 0 saturated carbocycles. The van der Waals surface area contributed by atoms with Crippen molar-refractivity contribution >= 4 is 5.91 Å². The van der Waals surface area contributed by atoms with Gasteiger partial charge in [-0.05, 0) is 64.0 Å². The third kappa shape index (κ3) is 4.64. The van der Waals surface area contributed by atoms with Crippen LogP contribution in [0.4, 0.5) is 0 Å². The fourth-order valence-electron chi connectivity index (χ4n) is 2.42. The Morgan fingerprint density at radius 3 is 2.40 bits per heavy atom. The molecular formula is C17H28N2O. The van der Waals surface area contributed by atoms with Crippen LogP contribution in [0.15, 0.2) is 12.1 Å². The second-order valence-corrected chi connectivity index (χ2v) is 5.39. The molecule has 112 valence electrons. The fourth-order valence-corrected chi connectivity index (χ4v) is 2.42. The maximum absolute atomic E-state index is 12.2. The first-order valence-corrected chi connectivity index (χ1v) is 7.58. The van der Waals surface area contributed by atoms with Gasteiger partial charge in [-0.2, -0.15) is 0 Å². The summed E-state index contributed by atoms with van der Waals surface area (Å²) in [4.78, 5) is 14.6. The van der Waals surface area contributed by atoms with Gasteiger partial charge in [0.25, 0.3) is 5.91 Å². The fraction of sp³-hybridized carbons (Fsp3) is 0.588. The van der Waals surface area contributed by atoms with Gasteiger partial charge in [-0.3, -0.25) is 4.79 Å². The maximum Gasteiger partial charge on any atom is 0.251 e. The molecule has 0 bridgehead atoms. The van der Waals surface area contributed by atoms with Crippen LogP contribution in [0.25, 0.3) is 0 Å². The Labute approximate surface area is 123 Å². The lowest BCUT2D eigenvalue weighted by molar-refractivity contribution is 0.0951. The van der Waals surface area contributed by atoms with E-state index in [1.165, 1.54) is 5.56 Å². The number of aryl methyl sites for hydroxylation is 2. The maximum atomic E-state index is 12.2. The highest BCUT2D eigenvalue weighted by molar-refractivity contribution is 5.96. The van der Waals surface area contributed by atoms with E-state index < -0.39 is 0 Å². The van der Waals surface area contributed by atoms with Gasteiger partial charge in [0.1, 0.15) is 0 Å². The molecule has 0 heterocycles. The van der Waals surface area contributed by atoms with Crippen LogP contribution >= 0.6 is 0 Å². The van der Waals surface area contributed by atoms with E-state index in [-0.39, 0.29) is 5.91 Å². The summed E-state index contributed by atoms with van der Waals surface area (Å²) in [6.45, 7) is 14.4. The molecule has 0 radical (unpaired) electrons. The zero-order chi connectivity index (χ0) is 15.1. The number of hydrogen-bond acceptors (Lipinski definition) is 2. The summed E-state index contributed by atoms with van der Waals surface area (Å²) in [5.41, 5.74) is 4.21. The van der Waals surface area contributed by atoms with E-state index in [2.05, 4.69) is 37.1 Å². The van der Waals surface area contributed by atoms with Gasteiger partial charge in [0.05, 0.1) is 0 Å². The summed E-state index contributed by atoms with van der Waals surface area (Å²) in [6.07, 6.45) is 0.997. The van der Waals surface area contributed by atoms with Gasteiger partial charge in [0.2, 0.25) is 0 Å². The topological polar surface area (TPSA) is 32.3 Å². The number of amides is 1. The minimum Gasteiger partial charge on any atom is -0.352 e. The summed E-state index contributed by atoms with van der Waals surface area (Å²) in [7, 11) is 0. The number of nitrogens with zero attached hydrogens (tertiary/aromatic N) is 1. The molecule has 1 rings (SSSR count). The summed E-state index contributed by atoms with van der Waals surface area (Å²) in [5.74, 6) is 0.0499. The SMILES string of the molecule is CCN(CC)CCCNC(=O)c1cc(C)cc(C)c1C. The van der Waals surface area contributed by atoms with Gasteiger partial charge >= 0.3 is 0 Å². The summed E-state index contributed by atoms with van der Waals surface area (Å²) in [6, 6.07) is 4.09. The van der Waals surface area contributed by atoms with Crippen LogP contribution in [0.2, 0.25) is 0 Å². The van der Waals surface area contributed by atoms with Crippen LogP contribution in [0.1, 0.15) is 47.3 Å². The molecule has 3 nitrogen and oxygen atoms in total. The lowest BCUT2D eigenvalue weighted by atomic mass is 9.99. The van der Waals surface area contributed by atoms with Crippen molar-refractivity contribution in [2.45, 2.75) is 41.0 Å². The first kappa shape index (κ1) is 16.7. The number of nitrogens with one attached hydrogen (secondary N) is 1. The Hall–Kier alpha value is -1.35. The van der Waals surface area contributed by atoms with E-state index in [1.807, 2.05) is 19.9 Å². The Balaban J connectivity index is 2.52. The summed E-state index contributed by atoms with van der Waals surface area (Å²) >= 11 is 0. The third-order valence-corrected chi connectivity index (χ3v) is 3.89. The second kappa shape index (κ2) is 8.05. The van der Waals surface area contributed by atoms with Crippen molar-refractivity contribution in [1.82, 2.24) is 10.2 Å². The van der Waals surface area contributed by atoms with E-state index in [0.29, 0.717) is 0 Å². The van der Waals surface area contributed by atoms with Gasteiger partial charge in [-0.15, -0.1) is 0 Å². The second-order valence-electron chi connectivity index (χ2n) is 5.39. The van der Waals surface area contributed by atoms with Crippen molar-refractivity contribution in [3.63, 3.8) is 0 Å². The number of benzene rings is 1. The van der Waals surface area contributed by atoms with Crippen LogP contribution in [0.5, 0.6) is 0 Å². The van der Waals surface area contributed by atoms with Crippen molar-refractivity contribution < 1.29 is 4.79 Å². The normalized spacial score (nSPS) is 10.9. The van der Waals surface area contributed by atoms with Crippen molar-refractivity contribution in [3.05, 3.63) is 34.4 Å². The van der Waals surface area contributed by atoms with Gasteiger partial charge in [0, 0.05) is 12.1 Å². The van der Waals surface area contributed by atoms with E-state index in [4.69, 9.17) is 0 Å². The Morgan fingerprint density at radius 2 is 1.80 bits per heavy atom. The van der Waals surface area contributed by atoms with E-state index >= 15 is 0 Å². The number of rotatable bonds is 7. The van der Waals surface area contributed by atoms with Crippen molar-refractivity contribution in [1.29, 1.82) is 0 Å². The molecule has 1 amide bonds. The molecule has 1 aromatic carbocycles. The van der Waals surface area contributed by atoms with Crippen LogP contribution in [0, 0.1) is 20.8 Å². The molecule has 20 heavy (non-hydrogen) atoms. The van der Waals surface area contributed by atoms with Crippen LogP contribution in [-0.2, 0) is 0 Å². The highest BCUT2D eigenvalue weighted by Gasteiger charge is 2.10. The largest absolute Gasteiger partial charge is 0.352 e. The smallest absolute Gasteiger partial charge is 0.251 e. The Bertz CT molecular complexity index is 451. The quantitative estimate of drug-likeness (QED) is 0.776. The van der Waals surface area contributed by atoms with Crippen LogP contribution in [-0.4, -0.2) is 37.0 Å². The molecule has 0 aliphatic carbocycles. The van der Waals surface area contributed by atoms with Crippen molar-refractivity contribution in [2.75, 3.05) is 26.2 Å². The highest BCUT2D eigenvalue weighted by Crippen LogP contribution is 2.15. The molecular weight excluding hydrogens is 248 g/mol. The first-order chi connectivity index (χ1) is 9.49.